The third-order valence-corrected chi connectivity index (χ3v) is 4.04. The number of anilines is 1. The Morgan fingerprint density at radius 1 is 1.03 bits per heavy atom. The van der Waals surface area contributed by atoms with Crippen LogP contribution in [-0.2, 0) is 9.53 Å². The number of carbonyl (C=O) groups is 2. The molecule has 10 nitrogen and oxygen atoms in total. The van der Waals surface area contributed by atoms with Gasteiger partial charge in [-0.15, -0.1) is 0 Å². The van der Waals surface area contributed by atoms with Gasteiger partial charge >= 0.3 is 5.97 Å². The zero-order valence-electron chi connectivity index (χ0n) is 16.3. The Balaban J connectivity index is 2.10. The molecule has 0 saturated carbocycles. The number of esters is 1. The number of ether oxygens (including phenoxy) is 4. The van der Waals surface area contributed by atoms with E-state index < -0.39 is 23.4 Å². The van der Waals surface area contributed by atoms with Crippen molar-refractivity contribution in [3.05, 3.63) is 51.6 Å². The number of benzene rings is 2. The number of nitro groups is 1. The van der Waals surface area contributed by atoms with Crippen LogP contribution in [0.5, 0.6) is 17.2 Å². The number of carbonyl (C=O) groups excluding carboxylic acids is 2. The maximum absolute atomic E-state index is 12.4. The highest BCUT2D eigenvalue weighted by molar-refractivity contribution is 5.97. The fourth-order valence-electron chi connectivity index (χ4n) is 2.54. The smallest absolute Gasteiger partial charge is 0.342 e. The van der Waals surface area contributed by atoms with E-state index in [1.807, 2.05) is 0 Å². The van der Waals surface area contributed by atoms with Crippen molar-refractivity contribution in [2.75, 3.05) is 33.3 Å². The van der Waals surface area contributed by atoms with Crippen LogP contribution >= 0.6 is 0 Å². The number of nitrogens with zero attached hydrogens (tertiary/aromatic N) is 1. The van der Waals surface area contributed by atoms with E-state index in [0.29, 0.717) is 11.3 Å². The van der Waals surface area contributed by atoms with Crippen LogP contribution in [0.3, 0.4) is 0 Å². The van der Waals surface area contributed by atoms with E-state index in [0.717, 1.165) is 0 Å². The van der Waals surface area contributed by atoms with Gasteiger partial charge < -0.3 is 24.3 Å². The maximum atomic E-state index is 12.4. The van der Waals surface area contributed by atoms with Crippen molar-refractivity contribution in [3.63, 3.8) is 0 Å². The Labute approximate surface area is 166 Å². The molecular weight excluding hydrogens is 384 g/mol. The van der Waals surface area contributed by atoms with E-state index in [-0.39, 0.29) is 28.4 Å². The zero-order valence-corrected chi connectivity index (χ0v) is 16.3. The van der Waals surface area contributed by atoms with Crippen LogP contribution in [0.25, 0.3) is 0 Å². The summed E-state index contributed by atoms with van der Waals surface area (Å²) in [5, 5.41) is 13.5. The summed E-state index contributed by atoms with van der Waals surface area (Å²) in [6, 6.07) is 7.12. The Hall–Kier alpha value is -3.82. The number of hydrogen-bond acceptors (Lipinski definition) is 8. The predicted molar refractivity (Wildman–Crippen MR) is 103 cm³/mol. The Bertz CT molecular complexity index is 942. The van der Waals surface area contributed by atoms with Gasteiger partial charge in [0.15, 0.2) is 18.1 Å². The molecule has 0 heterocycles. The molecule has 2 rings (SSSR count). The number of methoxy groups -OCH3 is 3. The summed E-state index contributed by atoms with van der Waals surface area (Å²) >= 11 is 0. The Morgan fingerprint density at radius 2 is 1.66 bits per heavy atom. The molecule has 29 heavy (non-hydrogen) atoms. The van der Waals surface area contributed by atoms with Crippen molar-refractivity contribution in [2.24, 2.45) is 0 Å². The number of rotatable bonds is 8. The fourth-order valence-corrected chi connectivity index (χ4v) is 2.54. The van der Waals surface area contributed by atoms with Crippen LogP contribution < -0.4 is 19.5 Å². The number of hydrogen-bond donors (Lipinski definition) is 1. The van der Waals surface area contributed by atoms with Crippen molar-refractivity contribution >= 4 is 23.3 Å². The second-order valence-electron chi connectivity index (χ2n) is 5.74. The van der Waals surface area contributed by atoms with Crippen molar-refractivity contribution in [3.8, 4) is 17.2 Å². The van der Waals surface area contributed by atoms with Gasteiger partial charge in [-0.05, 0) is 13.0 Å². The van der Waals surface area contributed by atoms with Gasteiger partial charge in [-0.1, -0.05) is 6.07 Å². The van der Waals surface area contributed by atoms with E-state index >= 15 is 0 Å². The Kier molecular flexibility index (Phi) is 6.96. The lowest BCUT2D eigenvalue weighted by molar-refractivity contribution is -0.385. The van der Waals surface area contributed by atoms with Crippen LogP contribution in [0.1, 0.15) is 15.9 Å². The van der Waals surface area contributed by atoms with Crippen molar-refractivity contribution in [1.82, 2.24) is 0 Å². The molecule has 10 heteroatoms. The summed E-state index contributed by atoms with van der Waals surface area (Å²) in [4.78, 5) is 35.0. The first kappa shape index (κ1) is 21.5. The van der Waals surface area contributed by atoms with Gasteiger partial charge in [0.25, 0.3) is 11.6 Å². The minimum absolute atomic E-state index is 0.0458. The average Bonchev–Trinajstić information content (AvgIpc) is 2.72. The normalized spacial score (nSPS) is 10.1. The van der Waals surface area contributed by atoms with Crippen LogP contribution in [-0.4, -0.2) is 44.7 Å². The molecular formula is C19H20N2O8. The lowest BCUT2D eigenvalue weighted by Gasteiger charge is -2.14. The second-order valence-corrected chi connectivity index (χ2v) is 5.74. The van der Waals surface area contributed by atoms with E-state index in [1.165, 1.54) is 58.6 Å². The van der Waals surface area contributed by atoms with Crippen molar-refractivity contribution in [1.29, 1.82) is 0 Å². The summed E-state index contributed by atoms with van der Waals surface area (Å²) in [5.74, 6) is -0.630. The SMILES string of the molecule is COc1cc(OC)c(C(=O)OCC(=O)Nc2cccc([N+](=O)[O-])c2C)cc1OC. The highest BCUT2D eigenvalue weighted by atomic mass is 16.6. The first-order chi connectivity index (χ1) is 13.8. The van der Waals surface area contributed by atoms with Crippen LogP contribution in [0.2, 0.25) is 0 Å². The fraction of sp³-hybridized carbons (Fsp3) is 0.263. The molecule has 0 radical (unpaired) electrons. The van der Waals surface area contributed by atoms with Gasteiger partial charge in [0, 0.05) is 18.2 Å². The topological polar surface area (TPSA) is 126 Å². The summed E-state index contributed by atoms with van der Waals surface area (Å²) in [6.07, 6.45) is 0. The standard InChI is InChI=1S/C19H20N2O8/c1-11-13(6-5-7-14(11)21(24)25)20-18(22)10-29-19(23)12-8-16(27-3)17(28-4)9-15(12)26-2/h5-9H,10H2,1-4H3,(H,20,22). The molecule has 0 unspecified atom stereocenters. The number of amides is 1. The summed E-state index contributed by atoms with van der Waals surface area (Å²) < 4.78 is 20.5. The molecule has 154 valence electrons. The van der Waals surface area contributed by atoms with Gasteiger partial charge in [0.1, 0.15) is 11.3 Å². The zero-order chi connectivity index (χ0) is 21.6. The third kappa shape index (κ3) is 4.92. The first-order valence-corrected chi connectivity index (χ1v) is 8.33. The maximum Gasteiger partial charge on any atom is 0.342 e. The largest absolute Gasteiger partial charge is 0.496 e. The van der Waals surface area contributed by atoms with Gasteiger partial charge in [0.05, 0.1) is 37.5 Å². The summed E-state index contributed by atoms with van der Waals surface area (Å²) in [5.41, 5.74) is 0.460. The van der Waals surface area contributed by atoms with Crippen LogP contribution in [0.15, 0.2) is 30.3 Å². The van der Waals surface area contributed by atoms with Crippen LogP contribution in [0.4, 0.5) is 11.4 Å². The quantitative estimate of drug-likeness (QED) is 0.404. The first-order valence-electron chi connectivity index (χ1n) is 8.33. The molecule has 0 saturated heterocycles. The van der Waals surface area contributed by atoms with Crippen LogP contribution in [0, 0.1) is 17.0 Å². The minimum atomic E-state index is -0.811. The van der Waals surface area contributed by atoms with Gasteiger partial charge in [-0.3, -0.25) is 14.9 Å². The lowest BCUT2D eigenvalue weighted by Crippen LogP contribution is -2.21. The third-order valence-electron chi connectivity index (χ3n) is 4.04. The number of nitrogens with one attached hydrogen (secondary N) is 1. The van der Waals surface area contributed by atoms with E-state index in [2.05, 4.69) is 5.32 Å². The average molecular weight is 404 g/mol. The van der Waals surface area contributed by atoms with Gasteiger partial charge in [-0.25, -0.2) is 4.79 Å². The summed E-state index contributed by atoms with van der Waals surface area (Å²) in [6.45, 7) is 0.909. The molecule has 1 amide bonds. The van der Waals surface area contributed by atoms with Crippen molar-refractivity contribution in [2.45, 2.75) is 6.92 Å². The highest BCUT2D eigenvalue weighted by Crippen LogP contribution is 2.35. The molecule has 0 aromatic heterocycles. The summed E-state index contributed by atoms with van der Waals surface area (Å²) in [7, 11) is 4.22. The molecule has 0 aliphatic carbocycles. The molecule has 0 fully saturated rings. The van der Waals surface area contributed by atoms with Gasteiger partial charge in [0.2, 0.25) is 0 Å². The molecule has 1 N–H and O–H groups in total. The molecule has 0 aliphatic heterocycles. The molecule has 0 aliphatic rings. The van der Waals surface area contributed by atoms with E-state index in [4.69, 9.17) is 18.9 Å². The molecule has 2 aromatic rings. The lowest BCUT2D eigenvalue weighted by atomic mass is 10.1. The number of nitro benzene ring substituents is 1. The Morgan fingerprint density at radius 3 is 2.24 bits per heavy atom. The minimum Gasteiger partial charge on any atom is -0.496 e. The monoisotopic (exact) mass is 404 g/mol. The predicted octanol–water partition coefficient (Wildman–Crippen LogP) is 2.72. The molecule has 0 atom stereocenters. The molecule has 2 aromatic carbocycles. The molecule has 0 spiro atoms. The van der Waals surface area contributed by atoms with Crippen molar-refractivity contribution < 1.29 is 33.5 Å². The van der Waals surface area contributed by atoms with Gasteiger partial charge in [-0.2, -0.15) is 0 Å². The second kappa shape index (κ2) is 9.40. The highest BCUT2D eigenvalue weighted by Gasteiger charge is 2.20. The van der Waals surface area contributed by atoms with E-state index in [9.17, 15) is 19.7 Å². The molecule has 0 bridgehead atoms. The van der Waals surface area contributed by atoms with E-state index in [1.54, 1.807) is 0 Å².